The van der Waals surface area contributed by atoms with Crippen molar-refractivity contribution in [2.24, 2.45) is 40.4 Å². The fraction of sp³-hybridized carbons (Fsp3) is 0.786. The molecule has 3 saturated carbocycles. The summed E-state index contributed by atoms with van der Waals surface area (Å²) < 4.78 is 0. The average molecular weight is 413 g/mol. The van der Waals surface area contributed by atoms with Gasteiger partial charge < -0.3 is 10.2 Å². The van der Waals surface area contributed by atoms with Gasteiger partial charge in [0.1, 0.15) is 0 Å². The van der Waals surface area contributed by atoms with Gasteiger partial charge in [0, 0.05) is 0 Å². The molecule has 4 aliphatic carbocycles. The SMILES string of the molecule is CC(C)[C@@H](C)C=C[C@@](C)(O)[C@H]1CC[C@H]2C3=CC=C4C[C@@H](O)CC[C@@]4(C)[C@@H]3CC[C@@]21C. The summed E-state index contributed by atoms with van der Waals surface area (Å²) in [6.07, 6.45) is 16.7. The molecule has 0 bridgehead atoms. The third-order valence-corrected chi connectivity index (χ3v) is 10.0. The molecule has 168 valence electrons. The second kappa shape index (κ2) is 7.62. The van der Waals surface area contributed by atoms with E-state index in [1.54, 1.807) is 5.57 Å². The van der Waals surface area contributed by atoms with Crippen LogP contribution < -0.4 is 0 Å². The molecule has 0 amide bonds. The molecule has 2 nitrogen and oxygen atoms in total. The zero-order valence-corrected chi connectivity index (χ0v) is 20.1. The van der Waals surface area contributed by atoms with Crippen molar-refractivity contribution >= 4 is 0 Å². The van der Waals surface area contributed by atoms with Crippen molar-refractivity contribution in [2.45, 2.75) is 98.2 Å². The third kappa shape index (κ3) is 3.47. The van der Waals surface area contributed by atoms with Crippen LogP contribution in [0.5, 0.6) is 0 Å². The predicted molar refractivity (Wildman–Crippen MR) is 125 cm³/mol. The van der Waals surface area contributed by atoms with Gasteiger partial charge in [-0.15, -0.1) is 0 Å². The van der Waals surface area contributed by atoms with Crippen molar-refractivity contribution in [3.8, 4) is 0 Å². The molecule has 3 fully saturated rings. The average Bonchev–Trinajstić information content (AvgIpc) is 3.04. The van der Waals surface area contributed by atoms with Crippen LogP contribution in [-0.2, 0) is 0 Å². The van der Waals surface area contributed by atoms with Crippen molar-refractivity contribution in [1.29, 1.82) is 0 Å². The Hall–Kier alpha value is -0.860. The number of hydrogen-bond acceptors (Lipinski definition) is 2. The van der Waals surface area contributed by atoms with Crippen LogP contribution in [0.1, 0.15) is 86.5 Å². The summed E-state index contributed by atoms with van der Waals surface area (Å²) in [5.41, 5.74) is 2.80. The van der Waals surface area contributed by atoms with Crippen LogP contribution in [0, 0.1) is 40.4 Å². The van der Waals surface area contributed by atoms with E-state index in [1.165, 1.54) is 24.8 Å². The van der Waals surface area contributed by atoms with Gasteiger partial charge >= 0.3 is 0 Å². The molecular formula is C28H44O2. The second-order valence-corrected chi connectivity index (χ2v) is 12.1. The summed E-state index contributed by atoms with van der Waals surface area (Å²) >= 11 is 0. The Kier molecular flexibility index (Phi) is 5.68. The first-order valence-electron chi connectivity index (χ1n) is 12.5. The highest BCUT2D eigenvalue weighted by molar-refractivity contribution is 5.39. The quantitative estimate of drug-likeness (QED) is 0.521. The van der Waals surface area contributed by atoms with E-state index in [0.29, 0.717) is 29.6 Å². The number of aliphatic hydroxyl groups is 2. The summed E-state index contributed by atoms with van der Waals surface area (Å²) in [5.74, 6) is 2.62. The Bertz CT molecular complexity index is 757. The van der Waals surface area contributed by atoms with Gasteiger partial charge in [-0.05, 0) is 92.3 Å². The molecule has 4 rings (SSSR count). The number of rotatable bonds is 4. The van der Waals surface area contributed by atoms with Crippen molar-refractivity contribution in [3.05, 3.63) is 35.5 Å². The molecule has 0 aromatic carbocycles. The van der Waals surface area contributed by atoms with Gasteiger partial charge in [-0.3, -0.25) is 0 Å². The van der Waals surface area contributed by atoms with E-state index in [9.17, 15) is 10.2 Å². The first-order chi connectivity index (χ1) is 14.0. The lowest BCUT2D eigenvalue weighted by molar-refractivity contribution is -0.0363. The fourth-order valence-electron chi connectivity index (χ4n) is 7.63. The van der Waals surface area contributed by atoms with Gasteiger partial charge in [0.2, 0.25) is 0 Å². The van der Waals surface area contributed by atoms with Crippen LogP contribution in [-0.4, -0.2) is 21.9 Å². The van der Waals surface area contributed by atoms with Gasteiger partial charge in [0.25, 0.3) is 0 Å². The molecule has 2 N–H and O–H groups in total. The smallest absolute Gasteiger partial charge is 0.0833 e. The minimum atomic E-state index is -0.742. The number of hydrogen-bond donors (Lipinski definition) is 2. The van der Waals surface area contributed by atoms with Crippen LogP contribution >= 0.6 is 0 Å². The maximum atomic E-state index is 11.6. The number of allylic oxidation sites excluding steroid dienone is 4. The van der Waals surface area contributed by atoms with Crippen molar-refractivity contribution in [1.82, 2.24) is 0 Å². The molecule has 0 unspecified atom stereocenters. The van der Waals surface area contributed by atoms with Gasteiger partial charge in [-0.2, -0.15) is 0 Å². The Morgan fingerprint density at radius 1 is 1.03 bits per heavy atom. The van der Waals surface area contributed by atoms with E-state index in [2.05, 4.69) is 65.8 Å². The monoisotopic (exact) mass is 412 g/mol. The molecule has 0 aromatic heterocycles. The Morgan fingerprint density at radius 3 is 2.47 bits per heavy atom. The third-order valence-electron chi connectivity index (χ3n) is 10.0. The Morgan fingerprint density at radius 2 is 1.77 bits per heavy atom. The molecule has 4 aliphatic rings. The van der Waals surface area contributed by atoms with Crippen LogP contribution in [0.15, 0.2) is 35.5 Å². The zero-order valence-electron chi connectivity index (χ0n) is 20.1. The maximum Gasteiger partial charge on any atom is 0.0833 e. The lowest BCUT2D eigenvalue weighted by atomic mass is 9.49. The lowest BCUT2D eigenvalue weighted by Gasteiger charge is -2.55. The van der Waals surface area contributed by atoms with Crippen LogP contribution in [0.3, 0.4) is 0 Å². The van der Waals surface area contributed by atoms with E-state index >= 15 is 0 Å². The van der Waals surface area contributed by atoms with E-state index < -0.39 is 5.60 Å². The van der Waals surface area contributed by atoms with Gasteiger partial charge in [-0.1, -0.05) is 70.1 Å². The van der Waals surface area contributed by atoms with Crippen molar-refractivity contribution in [2.75, 3.05) is 0 Å². The molecule has 2 heteroatoms. The van der Waals surface area contributed by atoms with Crippen molar-refractivity contribution < 1.29 is 10.2 Å². The van der Waals surface area contributed by atoms with Gasteiger partial charge in [0.05, 0.1) is 11.7 Å². The summed E-state index contributed by atoms with van der Waals surface area (Å²) in [4.78, 5) is 0. The lowest BCUT2D eigenvalue weighted by Crippen LogP contribution is -2.49. The molecule has 30 heavy (non-hydrogen) atoms. The molecule has 0 spiro atoms. The molecule has 0 saturated heterocycles. The highest BCUT2D eigenvalue weighted by atomic mass is 16.3. The Balaban J connectivity index is 1.61. The first-order valence-corrected chi connectivity index (χ1v) is 12.5. The zero-order chi connectivity index (χ0) is 21.9. The summed E-state index contributed by atoms with van der Waals surface area (Å²) in [7, 11) is 0. The number of fused-ring (bicyclic) bond motifs is 5. The highest BCUT2D eigenvalue weighted by Crippen LogP contribution is 2.66. The summed E-state index contributed by atoms with van der Waals surface area (Å²) in [6, 6.07) is 0. The first kappa shape index (κ1) is 22.3. The van der Waals surface area contributed by atoms with E-state index in [-0.39, 0.29) is 16.9 Å². The largest absolute Gasteiger partial charge is 0.393 e. The van der Waals surface area contributed by atoms with E-state index in [4.69, 9.17) is 0 Å². The maximum absolute atomic E-state index is 11.6. The molecule has 0 radical (unpaired) electrons. The Labute approximate surface area is 184 Å². The van der Waals surface area contributed by atoms with E-state index in [1.807, 2.05) is 0 Å². The van der Waals surface area contributed by atoms with E-state index in [0.717, 1.165) is 25.7 Å². The molecule has 8 atom stereocenters. The van der Waals surface area contributed by atoms with Gasteiger partial charge in [-0.25, -0.2) is 0 Å². The highest BCUT2D eigenvalue weighted by Gasteiger charge is 2.59. The molecular weight excluding hydrogens is 368 g/mol. The standard InChI is InChI=1S/C28H44O2/c1-18(2)19(3)11-16-28(6,30)25-10-9-23-22-8-7-20-17-21(29)12-14-26(20,4)24(22)13-15-27(23,25)5/h7-8,11,16,18-19,21,23-25,29-30H,9-10,12-15,17H2,1-6H3/t19-,21-,23-,24+,25-,26+,27-,28+/m0/s1. The van der Waals surface area contributed by atoms with Crippen molar-refractivity contribution in [3.63, 3.8) is 0 Å². The fourth-order valence-corrected chi connectivity index (χ4v) is 7.63. The minimum Gasteiger partial charge on any atom is -0.393 e. The van der Waals surface area contributed by atoms with Crippen LogP contribution in [0.4, 0.5) is 0 Å². The van der Waals surface area contributed by atoms with Crippen LogP contribution in [0.2, 0.25) is 0 Å². The number of aliphatic hydroxyl groups excluding tert-OH is 1. The molecule has 0 heterocycles. The predicted octanol–water partition coefficient (Wildman–Crippen LogP) is 6.45. The normalized spacial score (nSPS) is 44.0. The summed E-state index contributed by atoms with van der Waals surface area (Å²) in [6.45, 7) is 13.7. The van der Waals surface area contributed by atoms with Gasteiger partial charge in [0.15, 0.2) is 0 Å². The topological polar surface area (TPSA) is 40.5 Å². The second-order valence-electron chi connectivity index (χ2n) is 12.1. The minimum absolute atomic E-state index is 0.154. The summed E-state index contributed by atoms with van der Waals surface area (Å²) in [5, 5.41) is 21.8. The molecule has 0 aromatic rings. The van der Waals surface area contributed by atoms with Crippen LogP contribution in [0.25, 0.3) is 0 Å². The molecule has 0 aliphatic heterocycles.